The van der Waals surface area contributed by atoms with Gasteiger partial charge >= 0.3 is 0 Å². The SMILES string of the molecule is COCc1cccc(Oc2nc(C)nc(NN)c2C)c1. The summed E-state index contributed by atoms with van der Waals surface area (Å²) in [5.74, 6) is 7.76. The fourth-order valence-corrected chi connectivity index (χ4v) is 1.82. The van der Waals surface area contributed by atoms with Gasteiger partial charge in [0.15, 0.2) is 0 Å². The first kappa shape index (κ1) is 14.2. The summed E-state index contributed by atoms with van der Waals surface area (Å²) in [7, 11) is 1.66. The monoisotopic (exact) mass is 274 g/mol. The van der Waals surface area contributed by atoms with Crippen LogP contribution in [0.25, 0.3) is 0 Å². The molecule has 0 spiro atoms. The molecule has 0 aliphatic rings. The number of aryl methyl sites for hydroxylation is 1. The Labute approximate surface area is 117 Å². The number of anilines is 1. The smallest absolute Gasteiger partial charge is 0.227 e. The number of hydrazine groups is 1. The number of rotatable bonds is 5. The van der Waals surface area contributed by atoms with Crippen LogP contribution in [0.15, 0.2) is 24.3 Å². The summed E-state index contributed by atoms with van der Waals surface area (Å²) in [6.07, 6.45) is 0. The molecule has 0 fully saturated rings. The summed E-state index contributed by atoms with van der Waals surface area (Å²) in [6.45, 7) is 4.17. The van der Waals surface area contributed by atoms with E-state index in [0.29, 0.717) is 29.9 Å². The van der Waals surface area contributed by atoms with Crippen LogP contribution >= 0.6 is 0 Å². The summed E-state index contributed by atoms with van der Waals surface area (Å²) >= 11 is 0. The van der Waals surface area contributed by atoms with Crippen LogP contribution in [0.2, 0.25) is 0 Å². The second-order valence-electron chi connectivity index (χ2n) is 4.38. The summed E-state index contributed by atoms with van der Waals surface area (Å²) in [5.41, 5.74) is 4.34. The van der Waals surface area contributed by atoms with Gasteiger partial charge in [-0.1, -0.05) is 12.1 Å². The predicted molar refractivity (Wildman–Crippen MR) is 76.5 cm³/mol. The lowest BCUT2D eigenvalue weighted by Crippen LogP contribution is -2.12. The van der Waals surface area contributed by atoms with Crippen molar-refractivity contribution in [2.45, 2.75) is 20.5 Å². The van der Waals surface area contributed by atoms with Gasteiger partial charge in [0.25, 0.3) is 0 Å². The maximum absolute atomic E-state index is 5.82. The Kier molecular flexibility index (Phi) is 4.49. The highest BCUT2D eigenvalue weighted by molar-refractivity contribution is 5.48. The number of nitrogen functional groups attached to an aromatic ring is 1. The lowest BCUT2D eigenvalue weighted by molar-refractivity contribution is 0.184. The quantitative estimate of drug-likeness (QED) is 0.643. The first-order chi connectivity index (χ1) is 9.63. The molecule has 2 rings (SSSR count). The van der Waals surface area contributed by atoms with Gasteiger partial charge in [-0.25, -0.2) is 10.8 Å². The molecule has 2 aromatic rings. The van der Waals surface area contributed by atoms with E-state index in [1.54, 1.807) is 14.0 Å². The predicted octanol–water partition coefficient (Wildman–Crippen LogP) is 2.32. The Morgan fingerprint density at radius 2 is 2.05 bits per heavy atom. The van der Waals surface area contributed by atoms with Gasteiger partial charge in [0, 0.05) is 7.11 Å². The Balaban J connectivity index is 2.30. The molecule has 0 saturated carbocycles. The van der Waals surface area contributed by atoms with Crippen molar-refractivity contribution in [2.24, 2.45) is 5.84 Å². The van der Waals surface area contributed by atoms with E-state index in [9.17, 15) is 0 Å². The van der Waals surface area contributed by atoms with Crippen LogP contribution in [-0.4, -0.2) is 17.1 Å². The van der Waals surface area contributed by atoms with Crippen LogP contribution in [-0.2, 0) is 11.3 Å². The molecule has 0 radical (unpaired) electrons. The van der Waals surface area contributed by atoms with Crippen molar-refractivity contribution in [3.05, 3.63) is 41.2 Å². The van der Waals surface area contributed by atoms with Crippen molar-refractivity contribution < 1.29 is 9.47 Å². The summed E-state index contributed by atoms with van der Waals surface area (Å²) in [4.78, 5) is 8.49. The zero-order chi connectivity index (χ0) is 14.5. The highest BCUT2D eigenvalue weighted by atomic mass is 16.5. The largest absolute Gasteiger partial charge is 0.439 e. The number of nitrogens with zero attached hydrogens (tertiary/aromatic N) is 2. The molecule has 3 N–H and O–H groups in total. The van der Waals surface area contributed by atoms with Crippen molar-refractivity contribution in [1.29, 1.82) is 0 Å². The molecule has 6 heteroatoms. The van der Waals surface area contributed by atoms with Gasteiger partial charge in [0.05, 0.1) is 12.2 Å². The number of benzene rings is 1. The van der Waals surface area contributed by atoms with Gasteiger partial charge in [-0.2, -0.15) is 4.98 Å². The minimum Gasteiger partial charge on any atom is -0.439 e. The van der Waals surface area contributed by atoms with Crippen molar-refractivity contribution >= 4 is 5.82 Å². The van der Waals surface area contributed by atoms with E-state index < -0.39 is 0 Å². The molecule has 0 bridgehead atoms. The first-order valence-corrected chi connectivity index (χ1v) is 6.21. The molecule has 0 unspecified atom stereocenters. The van der Waals surface area contributed by atoms with Gasteiger partial charge < -0.3 is 14.9 Å². The normalized spacial score (nSPS) is 10.4. The average Bonchev–Trinajstić information content (AvgIpc) is 2.43. The van der Waals surface area contributed by atoms with Crippen LogP contribution in [0.3, 0.4) is 0 Å². The third-order valence-electron chi connectivity index (χ3n) is 2.77. The van der Waals surface area contributed by atoms with E-state index in [-0.39, 0.29) is 0 Å². The maximum Gasteiger partial charge on any atom is 0.227 e. The number of hydrogen-bond donors (Lipinski definition) is 2. The van der Waals surface area contributed by atoms with E-state index in [0.717, 1.165) is 11.1 Å². The number of nitrogens with one attached hydrogen (secondary N) is 1. The summed E-state index contributed by atoms with van der Waals surface area (Å²) in [5, 5.41) is 0. The number of methoxy groups -OCH3 is 1. The molecule has 6 nitrogen and oxygen atoms in total. The van der Waals surface area contributed by atoms with Crippen molar-refractivity contribution in [3.63, 3.8) is 0 Å². The second-order valence-corrected chi connectivity index (χ2v) is 4.38. The Morgan fingerprint density at radius 1 is 1.25 bits per heavy atom. The third kappa shape index (κ3) is 3.23. The topological polar surface area (TPSA) is 82.3 Å². The highest BCUT2D eigenvalue weighted by Crippen LogP contribution is 2.27. The van der Waals surface area contributed by atoms with Crippen LogP contribution in [0.4, 0.5) is 5.82 Å². The molecule has 0 saturated heterocycles. The molecule has 1 heterocycles. The van der Waals surface area contributed by atoms with E-state index in [4.69, 9.17) is 15.3 Å². The van der Waals surface area contributed by atoms with E-state index in [2.05, 4.69) is 15.4 Å². The Morgan fingerprint density at radius 3 is 2.75 bits per heavy atom. The molecule has 0 atom stereocenters. The molecule has 106 valence electrons. The van der Waals surface area contributed by atoms with Crippen LogP contribution < -0.4 is 16.0 Å². The number of nitrogens with two attached hydrogens (primary N) is 1. The number of hydrogen-bond acceptors (Lipinski definition) is 6. The summed E-state index contributed by atoms with van der Waals surface area (Å²) < 4.78 is 10.9. The third-order valence-corrected chi connectivity index (χ3v) is 2.77. The average molecular weight is 274 g/mol. The van der Waals surface area contributed by atoms with Gasteiger partial charge in [-0.05, 0) is 31.5 Å². The van der Waals surface area contributed by atoms with Gasteiger partial charge in [-0.15, -0.1) is 0 Å². The minimum absolute atomic E-state index is 0.486. The summed E-state index contributed by atoms with van der Waals surface area (Å²) in [6, 6.07) is 7.66. The maximum atomic E-state index is 5.82. The van der Waals surface area contributed by atoms with E-state index in [1.165, 1.54) is 0 Å². The molecule has 0 aliphatic heterocycles. The zero-order valence-electron chi connectivity index (χ0n) is 11.8. The van der Waals surface area contributed by atoms with Gasteiger partial charge in [-0.3, -0.25) is 0 Å². The van der Waals surface area contributed by atoms with Gasteiger partial charge in [0.2, 0.25) is 5.88 Å². The molecule has 20 heavy (non-hydrogen) atoms. The Bertz CT molecular complexity index is 602. The second kappa shape index (κ2) is 6.31. The first-order valence-electron chi connectivity index (χ1n) is 6.21. The fraction of sp³-hybridized carbons (Fsp3) is 0.286. The van der Waals surface area contributed by atoms with Crippen molar-refractivity contribution in [3.8, 4) is 11.6 Å². The van der Waals surface area contributed by atoms with Crippen LogP contribution in [0, 0.1) is 13.8 Å². The van der Waals surface area contributed by atoms with Crippen molar-refractivity contribution in [1.82, 2.24) is 9.97 Å². The van der Waals surface area contributed by atoms with Crippen LogP contribution in [0.1, 0.15) is 17.0 Å². The highest BCUT2D eigenvalue weighted by Gasteiger charge is 2.10. The van der Waals surface area contributed by atoms with E-state index in [1.807, 2.05) is 31.2 Å². The van der Waals surface area contributed by atoms with Crippen molar-refractivity contribution in [2.75, 3.05) is 12.5 Å². The fourth-order valence-electron chi connectivity index (χ4n) is 1.82. The zero-order valence-corrected chi connectivity index (χ0v) is 11.8. The Hall–Kier alpha value is -2.18. The molecule has 0 aliphatic carbocycles. The van der Waals surface area contributed by atoms with Gasteiger partial charge in [0.1, 0.15) is 17.4 Å². The van der Waals surface area contributed by atoms with E-state index >= 15 is 0 Å². The molecular formula is C14H18N4O2. The van der Waals surface area contributed by atoms with Crippen LogP contribution in [0.5, 0.6) is 11.6 Å². The molecule has 1 aromatic carbocycles. The minimum atomic E-state index is 0.486. The number of aromatic nitrogens is 2. The molecule has 0 amide bonds. The standard InChI is InChI=1S/C14H18N4O2/c1-9-13(18-15)16-10(2)17-14(9)20-12-6-4-5-11(7-12)8-19-3/h4-7H,8,15H2,1-3H3,(H,16,17,18). The molecular weight excluding hydrogens is 256 g/mol. The molecule has 1 aromatic heterocycles. The number of ether oxygens (including phenoxy) is 2. The lowest BCUT2D eigenvalue weighted by atomic mass is 10.2. The lowest BCUT2D eigenvalue weighted by Gasteiger charge is -2.12.